The van der Waals surface area contributed by atoms with E-state index in [2.05, 4.69) is 12.2 Å². The minimum atomic E-state index is -3.40. The molecule has 4 nitrogen and oxygen atoms in total. The van der Waals surface area contributed by atoms with E-state index in [9.17, 15) is 13.2 Å². The van der Waals surface area contributed by atoms with Crippen LogP contribution in [0.5, 0.6) is 0 Å². The summed E-state index contributed by atoms with van der Waals surface area (Å²) in [5.74, 6) is 2.44. The first-order valence-electron chi connectivity index (χ1n) is 7.59. The van der Waals surface area contributed by atoms with Crippen molar-refractivity contribution >= 4 is 15.9 Å². The standard InChI is InChI=1S/C15H25NO3S/c1-20(18,19)16-15(17)7-5-3-2-4-6-13-10-12-8-9-14(13)11-12/h2,4,12-14H,3,5-11H2,1H3,(H,16,17)/b4-2-. The molecule has 3 unspecified atom stereocenters. The number of carbonyl (C=O) groups is 1. The summed E-state index contributed by atoms with van der Waals surface area (Å²) in [4.78, 5) is 11.3. The summed E-state index contributed by atoms with van der Waals surface area (Å²) in [6.45, 7) is 0. The Balaban J connectivity index is 1.55. The maximum absolute atomic E-state index is 11.3. The molecule has 5 heteroatoms. The highest BCUT2D eigenvalue weighted by atomic mass is 32.2. The van der Waals surface area contributed by atoms with Gasteiger partial charge in [0.1, 0.15) is 0 Å². The first-order chi connectivity index (χ1) is 9.44. The van der Waals surface area contributed by atoms with E-state index in [4.69, 9.17) is 0 Å². The maximum Gasteiger partial charge on any atom is 0.233 e. The second-order valence-corrected chi connectivity index (χ2v) is 8.08. The van der Waals surface area contributed by atoms with Gasteiger partial charge in [0.25, 0.3) is 0 Å². The van der Waals surface area contributed by atoms with E-state index in [-0.39, 0.29) is 6.42 Å². The zero-order chi connectivity index (χ0) is 14.6. The molecule has 114 valence electrons. The van der Waals surface area contributed by atoms with Gasteiger partial charge in [-0.25, -0.2) is 8.42 Å². The first kappa shape index (κ1) is 15.5. The van der Waals surface area contributed by atoms with Crippen LogP contribution in [0.1, 0.15) is 51.4 Å². The molecule has 0 aliphatic heterocycles. The van der Waals surface area contributed by atoms with Crippen LogP contribution in [0.15, 0.2) is 12.2 Å². The van der Waals surface area contributed by atoms with Crippen molar-refractivity contribution < 1.29 is 13.2 Å². The van der Waals surface area contributed by atoms with Crippen molar-refractivity contribution in [2.45, 2.75) is 51.4 Å². The van der Waals surface area contributed by atoms with E-state index in [0.29, 0.717) is 6.42 Å². The number of rotatable bonds is 7. The van der Waals surface area contributed by atoms with Crippen LogP contribution < -0.4 is 4.72 Å². The van der Waals surface area contributed by atoms with Crippen molar-refractivity contribution in [1.82, 2.24) is 4.72 Å². The van der Waals surface area contributed by atoms with Gasteiger partial charge in [-0.2, -0.15) is 0 Å². The predicted octanol–water partition coefficient (Wildman–Crippen LogP) is 2.62. The van der Waals surface area contributed by atoms with Gasteiger partial charge < -0.3 is 0 Å². The summed E-state index contributed by atoms with van der Waals surface area (Å²) < 4.78 is 23.7. The molecule has 0 radical (unpaired) electrons. The number of sulfonamides is 1. The van der Waals surface area contributed by atoms with Crippen molar-refractivity contribution in [2.24, 2.45) is 17.8 Å². The third kappa shape index (κ3) is 4.93. The van der Waals surface area contributed by atoms with Gasteiger partial charge in [0.15, 0.2) is 0 Å². The van der Waals surface area contributed by atoms with Crippen molar-refractivity contribution in [3.8, 4) is 0 Å². The molecular weight excluding hydrogens is 274 g/mol. The minimum Gasteiger partial charge on any atom is -0.274 e. The molecule has 2 aliphatic carbocycles. The van der Waals surface area contributed by atoms with Gasteiger partial charge >= 0.3 is 0 Å². The molecule has 2 saturated carbocycles. The second kappa shape index (κ2) is 6.74. The topological polar surface area (TPSA) is 63.2 Å². The predicted molar refractivity (Wildman–Crippen MR) is 79.5 cm³/mol. The summed E-state index contributed by atoms with van der Waals surface area (Å²) in [6.07, 6.45) is 14.1. The summed E-state index contributed by atoms with van der Waals surface area (Å²) in [6, 6.07) is 0. The molecule has 0 aromatic heterocycles. The van der Waals surface area contributed by atoms with E-state index in [1.54, 1.807) is 0 Å². The fraction of sp³-hybridized carbons (Fsp3) is 0.800. The van der Waals surface area contributed by atoms with Crippen molar-refractivity contribution in [3.63, 3.8) is 0 Å². The van der Waals surface area contributed by atoms with E-state index >= 15 is 0 Å². The highest BCUT2D eigenvalue weighted by Gasteiger charge is 2.38. The molecule has 0 saturated heterocycles. The van der Waals surface area contributed by atoms with E-state index in [1.165, 1.54) is 32.1 Å². The average Bonchev–Trinajstić information content (AvgIpc) is 2.93. The SMILES string of the molecule is CS(=O)(=O)NC(=O)CCC/C=C\CC1CC2CCC1C2. The number of hydrogen-bond acceptors (Lipinski definition) is 3. The van der Waals surface area contributed by atoms with Crippen LogP contribution in [-0.2, 0) is 14.8 Å². The largest absolute Gasteiger partial charge is 0.274 e. The molecule has 0 aromatic carbocycles. The number of allylic oxidation sites excluding steroid dienone is 2. The van der Waals surface area contributed by atoms with Gasteiger partial charge in [-0.15, -0.1) is 0 Å². The monoisotopic (exact) mass is 299 g/mol. The molecule has 0 spiro atoms. The van der Waals surface area contributed by atoms with Crippen LogP contribution in [-0.4, -0.2) is 20.6 Å². The van der Waals surface area contributed by atoms with Crippen molar-refractivity contribution in [1.29, 1.82) is 0 Å². The number of unbranched alkanes of at least 4 members (excludes halogenated alkanes) is 1. The molecule has 0 aromatic rings. The molecule has 3 atom stereocenters. The number of nitrogens with one attached hydrogen (secondary N) is 1. The third-order valence-corrected chi connectivity index (χ3v) is 5.16. The van der Waals surface area contributed by atoms with E-state index in [0.717, 1.165) is 30.4 Å². The van der Waals surface area contributed by atoms with Crippen LogP contribution in [0.25, 0.3) is 0 Å². The molecule has 2 fully saturated rings. The van der Waals surface area contributed by atoms with Gasteiger partial charge in [-0.3, -0.25) is 9.52 Å². The van der Waals surface area contributed by atoms with Crippen LogP contribution in [0.3, 0.4) is 0 Å². The van der Waals surface area contributed by atoms with Gasteiger partial charge in [0, 0.05) is 6.42 Å². The van der Waals surface area contributed by atoms with Crippen LogP contribution >= 0.6 is 0 Å². The number of carbonyl (C=O) groups excluding carboxylic acids is 1. The zero-order valence-electron chi connectivity index (χ0n) is 12.2. The van der Waals surface area contributed by atoms with E-state index < -0.39 is 15.9 Å². The Hall–Kier alpha value is -0.840. The average molecular weight is 299 g/mol. The van der Waals surface area contributed by atoms with Crippen molar-refractivity contribution in [3.05, 3.63) is 12.2 Å². The highest BCUT2D eigenvalue weighted by Crippen LogP contribution is 2.49. The molecule has 0 heterocycles. The summed E-state index contributed by atoms with van der Waals surface area (Å²) >= 11 is 0. The summed E-state index contributed by atoms with van der Waals surface area (Å²) in [5.41, 5.74) is 0. The Morgan fingerprint density at radius 2 is 2.05 bits per heavy atom. The molecule has 2 bridgehead atoms. The second-order valence-electron chi connectivity index (χ2n) is 6.33. The molecule has 1 N–H and O–H groups in total. The third-order valence-electron chi connectivity index (χ3n) is 4.56. The minimum absolute atomic E-state index is 0.269. The normalized spacial score (nSPS) is 29.1. The van der Waals surface area contributed by atoms with Gasteiger partial charge in [-0.1, -0.05) is 18.6 Å². The Morgan fingerprint density at radius 1 is 1.25 bits per heavy atom. The molecular formula is C15H25NO3S. The Bertz CT molecular complexity index is 470. The molecule has 2 rings (SSSR count). The van der Waals surface area contributed by atoms with Crippen LogP contribution in [0, 0.1) is 17.8 Å². The van der Waals surface area contributed by atoms with Gasteiger partial charge in [-0.05, 0) is 56.3 Å². The highest BCUT2D eigenvalue weighted by molar-refractivity contribution is 7.89. The summed E-state index contributed by atoms with van der Waals surface area (Å²) in [7, 11) is -3.40. The lowest BCUT2D eigenvalue weighted by atomic mass is 9.86. The number of hydrogen-bond donors (Lipinski definition) is 1. The lowest BCUT2D eigenvalue weighted by molar-refractivity contribution is -0.119. The lowest BCUT2D eigenvalue weighted by Gasteiger charge is -2.19. The van der Waals surface area contributed by atoms with Gasteiger partial charge in [0.2, 0.25) is 15.9 Å². The molecule has 2 aliphatic rings. The number of amides is 1. The Kier molecular flexibility index (Phi) is 5.24. The quantitative estimate of drug-likeness (QED) is 0.580. The Morgan fingerprint density at radius 3 is 2.65 bits per heavy atom. The number of fused-ring (bicyclic) bond motifs is 2. The fourth-order valence-electron chi connectivity index (χ4n) is 3.69. The smallest absolute Gasteiger partial charge is 0.233 e. The van der Waals surface area contributed by atoms with Crippen molar-refractivity contribution in [2.75, 3.05) is 6.26 Å². The lowest BCUT2D eigenvalue weighted by Crippen LogP contribution is -2.28. The summed E-state index contributed by atoms with van der Waals surface area (Å²) in [5, 5.41) is 0. The van der Waals surface area contributed by atoms with E-state index in [1.807, 2.05) is 4.72 Å². The van der Waals surface area contributed by atoms with Crippen LogP contribution in [0.4, 0.5) is 0 Å². The van der Waals surface area contributed by atoms with Crippen LogP contribution in [0.2, 0.25) is 0 Å². The Labute approximate surface area is 122 Å². The fourth-order valence-corrected chi connectivity index (χ4v) is 4.21. The molecule has 20 heavy (non-hydrogen) atoms. The first-order valence-corrected chi connectivity index (χ1v) is 9.49. The molecule has 1 amide bonds. The zero-order valence-corrected chi connectivity index (χ0v) is 13.0. The maximum atomic E-state index is 11.3. The van der Waals surface area contributed by atoms with Gasteiger partial charge in [0.05, 0.1) is 6.26 Å².